The fourth-order valence-electron chi connectivity index (χ4n) is 6.43. The predicted octanol–water partition coefficient (Wildman–Crippen LogP) is 4.18. The number of likely N-dealkylation sites (tertiary alicyclic amines) is 1. The molecule has 3 amide bonds. The summed E-state index contributed by atoms with van der Waals surface area (Å²) < 4.78 is 46.5. The number of para-hydroxylation sites is 1. The molecule has 4 heterocycles. The van der Waals surface area contributed by atoms with Crippen molar-refractivity contribution >= 4 is 46.7 Å². The fraction of sp³-hybridized carbons (Fsp3) is 0.562. The predicted molar refractivity (Wildman–Crippen MR) is 171 cm³/mol. The van der Waals surface area contributed by atoms with Gasteiger partial charge in [0, 0.05) is 63.8 Å². The smallest absolute Gasteiger partial charge is 0.416 e. The average Bonchev–Trinajstić information content (AvgIpc) is 3.23. The monoisotopic (exact) mass is 680 g/mol. The molecule has 0 bridgehead atoms. The van der Waals surface area contributed by atoms with Crippen LogP contribution in [0.2, 0.25) is 5.02 Å². The maximum Gasteiger partial charge on any atom is 0.416 e. The maximum absolute atomic E-state index is 14.0. The maximum atomic E-state index is 14.0. The van der Waals surface area contributed by atoms with Gasteiger partial charge in [0.05, 0.1) is 28.1 Å². The third-order valence-electron chi connectivity index (χ3n) is 8.69. The summed E-state index contributed by atoms with van der Waals surface area (Å²) in [5.74, 6) is -1.89. The molecular weight excluding hydrogens is 641 g/mol. The molecule has 256 valence electrons. The van der Waals surface area contributed by atoms with Crippen molar-refractivity contribution in [3.8, 4) is 0 Å². The number of ether oxygens (including phenoxy) is 1. The molecule has 0 spiro atoms. The van der Waals surface area contributed by atoms with Gasteiger partial charge in [-0.15, -0.1) is 0 Å². The minimum Gasteiger partial charge on any atom is -0.444 e. The molecule has 47 heavy (non-hydrogen) atoms. The molecule has 3 atom stereocenters. The van der Waals surface area contributed by atoms with E-state index in [4.69, 9.17) is 16.3 Å². The summed E-state index contributed by atoms with van der Waals surface area (Å²) in [5, 5.41) is 11.7. The molecule has 1 aromatic carbocycles. The fourth-order valence-corrected chi connectivity index (χ4v) is 6.72. The molecule has 2 saturated heterocycles. The molecule has 11 nitrogen and oxygen atoms in total. The van der Waals surface area contributed by atoms with Crippen LogP contribution in [0.4, 0.5) is 35.2 Å². The van der Waals surface area contributed by atoms with Gasteiger partial charge in [0.2, 0.25) is 11.8 Å². The zero-order valence-corrected chi connectivity index (χ0v) is 28.0. The van der Waals surface area contributed by atoms with Crippen molar-refractivity contribution in [3.05, 3.63) is 46.6 Å². The molecule has 2 fully saturated rings. The Morgan fingerprint density at radius 1 is 1.17 bits per heavy atom. The van der Waals surface area contributed by atoms with Gasteiger partial charge in [-0.1, -0.05) is 17.7 Å². The molecule has 15 heteroatoms. The zero-order chi connectivity index (χ0) is 34.6. The number of aromatic nitrogens is 1. The second-order valence-electron chi connectivity index (χ2n) is 13.6. The highest BCUT2D eigenvalue weighted by atomic mass is 35.5. The topological polar surface area (TPSA) is 110 Å². The van der Waals surface area contributed by atoms with E-state index < -0.39 is 53.3 Å². The van der Waals surface area contributed by atoms with Gasteiger partial charge < -0.3 is 24.5 Å². The van der Waals surface area contributed by atoms with Gasteiger partial charge >= 0.3 is 12.3 Å². The lowest BCUT2D eigenvalue weighted by Crippen LogP contribution is -2.62. The van der Waals surface area contributed by atoms with E-state index in [1.54, 1.807) is 43.9 Å². The van der Waals surface area contributed by atoms with E-state index in [1.165, 1.54) is 18.9 Å². The van der Waals surface area contributed by atoms with E-state index in [-0.39, 0.29) is 43.6 Å². The second kappa shape index (κ2) is 12.8. The van der Waals surface area contributed by atoms with Gasteiger partial charge in [-0.2, -0.15) is 13.2 Å². The van der Waals surface area contributed by atoms with Crippen LogP contribution in [0.25, 0.3) is 0 Å². The minimum atomic E-state index is -4.67. The normalized spacial score (nSPS) is 21.4. The van der Waals surface area contributed by atoms with Crippen LogP contribution >= 0.6 is 11.6 Å². The molecule has 0 aliphatic carbocycles. The Morgan fingerprint density at radius 3 is 2.49 bits per heavy atom. The van der Waals surface area contributed by atoms with Gasteiger partial charge in [0.15, 0.2) is 0 Å². The van der Waals surface area contributed by atoms with E-state index >= 15 is 0 Å². The van der Waals surface area contributed by atoms with Crippen molar-refractivity contribution in [3.63, 3.8) is 0 Å². The van der Waals surface area contributed by atoms with Crippen LogP contribution in [0.1, 0.15) is 38.4 Å². The number of benzene rings is 1. The van der Waals surface area contributed by atoms with Crippen LogP contribution < -0.4 is 14.7 Å². The van der Waals surface area contributed by atoms with Crippen molar-refractivity contribution in [1.29, 1.82) is 0 Å². The highest BCUT2D eigenvalue weighted by Crippen LogP contribution is 2.43. The summed E-state index contributed by atoms with van der Waals surface area (Å²) in [6.07, 6.45) is -6.08. The average molecular weight is 681 g/mol. The van der Waals surface area contributed by atoms with Crippen molar-refractivity contribution in [2.75, 3.05) is 61.5 Å². The lowest BCUT2D eigenvalue weighted by Gasteiger charge is -2.45. The first-order chi connectivity index (χ1) is 21.8. The first-order valence-corrected chi connectivity index (χ1v) is 15.8. The molecule has 3 aliphatic rings. The summed E-state index contributed by atoms with van der Waals surface area (Å²) in [6, 6.07) is 5.61. The number of anilines is 3. The number of amides is 3. The van der Waals surface area contributed by atoms with Gasteiger partial charge in [0.25, 0.3) is 0 Å². The summed E-state index contributed by atoms with van der Waals surface area (Å²) in [4.78, 5) is 51.9. The number of hydrogen-bond acceptors (Lipinski definition) is 8. The number of halogens is 4. The van der Waals surface area contributed by atoms with Crippen LogP contribution in [0, 0.1) is 12.8 Å². The number of carbonyl (C=O) groups is 3. The van der Waals surface area contributed by atoms with E-state index in [0.717, 1.165) is 17.0 Å². The van der Waals surface area contributed by atoms with Crippen molar-refractivity contribution in [2.24, 2.45) is 5.92 Å². The number of hydrogen-bond donors (Lipinski definition) is 1. The number of carbonyl (C=O) groups excluding carboxylic acids is 3. The Balaban J connectivity index is 1.38. The standard InChI is InChI=1S/C32H40ClF3N6O5/c1-18-10-20(32(34,35)36)12-25(37-18)42-26(44)11-19-13-40(28-23(33)8-7-9-24(28)39(6)29(45)27(19)42)17-22(43)16-38(5)21-14-41(15-21)30(46)47-31(2,3)4/h7-10,12,19,21-22,27,43H,11,13-17H2,1-6H3/t19-,22+,27+/m1/s1. The van der Waals surface area contributed by atoms with Crippen molar-refractivity contribution in [1.82, 2.24) is 14.8 Å². The molecule has 1 N–H and O–H groups in total. The molecule has 1 aromatic heterocycles. The van der Waals surface area contributed by atoms with Crippen LogP contribution in [-0.4, -0.2) is 108 Å². The van der Waals surface area contributed by atoms with Crippen LogP contribution in [0.3, 0.4) is 0 Å². The number of aryl methyl sites for hydroxylation is 1. The Kier molecular flexibility index (Phi) is 9.43. The Bertz CT molecular complexity index is 1550. The summed E-state index contributed by atoms with van der Waals surface area (Å²) >= 11 is 6.70. The number of likely N-dealkylation sites (N-methyl/N-ethyl adjacent to an activating group) is 2. The third kappa shape index (κ3) is 7.29. The van der Waals surface area contributed by atoms with Gasteiger partial charge in [0.1, 0.15) is 17.5 Å². The quantitative estimate of drug-likeness (QED) is 0.484. The van der Waals surface area contributed by atoms with Gasteiger partial charge in [-0.3, -0.25) is 19.4 Å². The molecule has 2 aromatic rings. The number of β-amino-alcohol motifs (C(OH)–C–C–N with tert-alkyl or cyclic N) is 1. The summed E-state index contributed by atoms with van der Waals surface area (Å²) in [5.41, 5.74) is -0.571. The number of alkyl halides is 3. The number of nitrogens with zero attached hydrogens (tertiary/aromatic N) is 6. The van der Waals surface area contributed by atoms with E-state index in [9.17, 15) is 32.7 Å². The van der Waals surface area contributed by atoms with Gasteiger partial charge in [-0.25, -0.2) is 9.78 Å². The first-order valence-electron chi connectivity index (χ1n) is 15.4. The number of fused-ring (bicyclic) bond motifs is 2. The summed E-state index contributed by atoms with van der Waals surface area (Å²) in [7, 11) is 3.38. The lowest BCUT2D eigenvalue weighted by molar-refractivity contribution is -0.137. The molecular formula is C32H40ClF3N6O5. The Hall–Kier alpha value is -3.62. The number of aliphatic hydroxyl groups is 1. The molecule has 5 rings (SSSR count). The molecule has 0 radical (unpaired) electrons. The zero-order valence-electron chi connectivity index (χ0n) is 27.2. The SMILES string of the molecule is Cc1cc(C(F)(F)F)cc(N2C(=O)C[C@@H]3CN(C[C@@H](O)CN(C)C4CN(C(=O)OC(C)(C)C)C4)c4c(Cl)cccc4N(C)C(=O)[C@H]32)n1. The van der Waals surface area contributed by atoms with Crippen molar-refractivity contribution in [2.45, 2.75) is 64.1 Å². The van der Waals surface area contributed by atoms with Gasteiger partial charge in [-0.05, 0) is 59.0 Å². The van der Waals surface area contributed by atoms with E-state index in [2.05, 4.69) is 4.98 Å². The molecule has 0 unspecified atom stereocenters. The highest BCUT2D eigenvalue weighted by molar-refractivity contribution is 6.34. The van der Waals surface area contributed by atoms with E-state index in [0.29, 0.717) is 29.5 Å². The molecule has 3 aliphatic heterocycles. The molecule has 0 saturated carbocycles. The van der Waals surface area contributed by atoms with Crippen molar-refractivity contribution < 1.29 is 37.4 Å². The number of aliphatic hydroxyl groups excluding tert-OH is 1. The Labute approximate surface area is 276 Å². The van der Waals surface area contributed by atoms with Crippen LogP contribution in [-0.2, 0) is 20.5 Å². The number of pyridine rings is 1. The lowest BCUT2D eigenvalue weighted by atomic mass is 9.95. The van der Waals surface area contributed by atoms with Crippen LogP contribution in [0.15, 0.2) is 30.3 Å². The largest absolute Gasteiger partial charge is 0.444 e. The second-order valence-corrected chi connectivity index (χ2v) is 14.0. The summed E-state index contributed by atoms with van der Waals surface area (Å²) in [6.45, 7) is 8.18. The number of rotatable bonds is 6. The third-order valence-corrected chi connectivity index (χ3v) is 9.00. The van der Waals surface area contributed by atoms with Crippen LogP contribution in [0.5, 0.6) is 0 Å². The minimum absolute atomic E-state index is 0.0120. The first kappa shape index (κ1) is 34.7. The highest BCUT2D eigenvalue weighted by Gasteiger charge is 2.49. The van der Waals surface area contributed by atoms with E-state index in [1.807, 2.05) is 16.8 Å². The Morgan fingerprint density at radius 2 is 1.85 bits per heavy atom.